The van der Waals surface area contributed by atoms with Crippen molar-refractivity contribution < 1.29 is 18.3 Å². The Morgan fingerprint density at radius 2 is 1.76 bits per heavy atom. The first-order valence-corrected chi connectivity index (χ1v) is 9.50. The van der Waals surface area contributed by atoms with Gasteiger partial charge in [0.2, 0.25) is 0 Å². The van der Waals surface area contributed by atoms with Gasteiger partial charge in [-0.25, -0.2) is 13.8 Å². The molecule has 2 aromatic carbocycles. The summed E-state index contributed by atoms with van der Waals surface area (Å²) in [5, 5.41) is 3.08. The lowest BCUT2D eigenvalue weighted by Crippen LogP contribution is -2.12. The molecule has 0 atom stereocenters. The minimum absolute atomic E-state index is 0.189. The third kappa shape index (κ3) is 4.77. The van der Waals surface area contributed by atoms with Gasteiger partial charge in [0, 0.05) is 18.3 Å². The topological polar surface area (TPSA) is 51.2 Å². The van der Waals surface area contributed by atoms with Gasteiger partial charge in [0.1, 0.15) is 23.2 Å². The molecule has 29 heavy (non-hydrogen) atoms. The van der Waals surface area contributed by atoms with Gasteiger partial charge in [-0.15, -0.1) is 0 Å². The number of halogens is 2. The number of rotatable bonds is 8. The van der Waals surface area contributed by atoms with Crippen molar-refractivity contribution in [3.63, 3.8) is 0 Å². The number of hydrogen-bond acceptors (Lipinski definition) is 4. The van der Waals surface area contributed by atoms with E-state index in [-0.39, 0.29) is 11.1 Å². The van der Waals surface area contributed by atoms with Crippen LogP contribution >= 0.6 is 0 Å². The van der Waals surface area contributed by atoms with Gasteiger partial charge in [-0.3, -0.25) is 4.79 Å². The second kappa shape index (κ2) is 9.28. The highest BCUT2D eigenvalue weighted by Crippen LogP contribution is 2.27. The van der Waals surface area contributed by atoms with Crippen LogP contribution in [-0.4, -0.2) is 23.9 Å². The zero-order valence-electron chi connectivity index (χ0n) is 16.3. The van der Waals surface area contributed by atoms with Gasteiger partial charge in [0.15, 0.2) is 5.78 Å². The third-order valence-corrected chi connectivity index (χ3v) is 4.35. The number of nitrogens with one attached hydrogen (secondary N) is 1. The van der Waals surface area contributed by atoms with Gasteiger partial charge in [-0.2, -0.15) is 0 Å². The molecule has 0 aliphatic heterocycles. The van der Waals surface area contributed by atoms with Crippen LogP contribution in [0, 0.1) is 11.6 Å². The number of carbonyl (C=O) groups excluding carboxylic acids is 1. The molecule has 0 radical (unpaired) electrons. The van der Waals surface area contributed by atoms with E-state index < -0.39 is 17.4 Å². The monoisotopic (exact) mass is 396 g/mol. The third-order valence-electron chi connectivity index (χ3n) is 4.35. The summed E-state index contributed by atoms with van der Waals surface area (Å²) in [6, 6.07) is 11.9. The Morgan fingerprint density at radius 1 is 1.00 bits per heavy atom. The molecule has 0 aliphatic rings. The number of carbonyl (C=O) groups is 1. The summed E-state index contributed by atoms with van der Waals surface area (Å²) in [6.45, 7) is 5.05. The van der Waals surface area contributed by atoms with Crippen molar-refractivity contribution in [1.82, 2.24) is 4.98 Å². The smallest absolute Gasteiger partial charge is 0.199 e. The quantitative estimate of drug-likeness (QED) is 0.513. The summed E-state index contributed by atoms with van der Waals surface area (Å²) >= 11 is 0. The Hall–Kier alpha value is -3.28. The molecule has 0 fully saturated rings. The van der Waals surface area contributed by atoms with E-state index in [1.54, 1.807) is 12.3 Å². The Kier molecular flexibility index (Phi) is 6.54. The second-order valence-electron chi connectivity index (χ2n) is 6.46. The van der Waals surface area contributed by atoms with E-state index in [0.29, 0.717) is 24.5 Å². The maximum atomic E-state index is 14.2. The Bertz CT molecular complexity index is 1000. The molecule has 0 aliphatic carbocycles. The highest BCUT2D eigenvalue weighted by molar-refractivity contribution is 6.12. The van der Waals surface area contributed by atoms with Gasteiger partial charge < -0.3 is 10.1 Å². The summed E-state index contributed by atoms with van der Waals surface area (Å²) in [6.07, 6.45) is 2.47. The van der Waals surface area contributed by atoms with Crippen molar-refractivity contribution in [3.8, 4) is 16.9 Å². The van der Waals surface area contributed by atoms with E-state index in [1.165, 1.54) is 0 Å². The molecule has 0 spiro atoms. The predicted molar refractivity (Wildman–Crippen MR) is 109 cm³/mol. The lowest BCUT2D eigenvalue weighted by molar-refractivity contribution is 0.103. The van der Waals surface area contributed by atoms with Crippen LogP contribution in [0.1, 0.15) is 36.2 Å². The van der Waals surface area contributed by atoms with Crippen molar-refractivity contribution in [2.45, 2.75) is 20.3 Å². The fraction of sp³-hybridized carbons (Fsp3) is 0.217. The minimum Gasteiger partial charge on any atom is -0.494 e. The Balaban J connectivity index is 2.03. The SMILES string of the molecule is CCCNc1ncc(-c2ccc(OCC)cc2)cc1C(=O)c1cc(F)ccc1F. The normalized spacial score (nSPS) is 10.6. The Morgan fingerprint density at radius 3 is 2.45 bits per heavy atom. The lowest BCUT2D eigenvalue weighted by atomic mass is 9.99. The first kappa shape index (κ1) is 20.5. The number of nitrogens with zero attached hydrogens (tertiary/aromatic N) is 1. The van der Waals surface area contributed by atoms with Crippen LogP contribution in [0.2, 0.25) is 0 Å². The summed E-state index contributed by atoms with van der Waals surface area (Å²) < 4.78 is 33.2. The second-order valence-corrected chi connectivity index (χ2v) is 6.46. The molecule has 0 unspecified atom stereocenters. The van der Waals surface area contributed by atoms with Crippen molar-refractivity contribution in [3.05, 3.63) is 77.5 Å². The van der Waals surface area contributed by atoms with Crippen molar-refractivity contribution in [1.29, 1.82) is 0 Å². The Labute approximate surface area is 168 Å². The van der Waals surface area contributed by atoms with E-state index in [9.17, 15) is 13.6 Å². The number of anilines is 1. The van der Waals surface area contributed by atoms with Gasteiger partial charge in [0.05, 0.1) is 17.7 Å². The number of aromatic nitrogens is 1. The molecule has 150 valence electrons. The molecule has 3 aromatic rings. The molecule has 6 heteroatoms. The van der Waals surface area contributed by atoms with Crippen LogP contribution in [0.5, 0.6) is 5.75 Å². The summed E-state index contributed by atoms with van der Waals surface area (Å²) in [4.78, 5) is 17.4. The fourth-order valence-corrected chi connectivity index (χ4v) is 2.91. The maximum absolute atomic E-state index is 14.2. The van der Waals surface area contributed by atoms with Crippen LogP contribution in [-0.2, 0) is 0 Å². The fourth-order valence-electron chi connectivity index (χ4n) is 2.91. The van der Waals surface area contributed by atoms with E-state index in [2.05, 4.69) is 10.3 Å². The number of ether oxygens (including phenoxy) is 1. The van der Waals surface area contributed by atoms with Gasteiger partial charge in [-0.05, 0) is 55.3 Å². The molecule has 0 bridgehead atoms. The van der Waals surface area contributed by atoms with Crippen LogP contribution in [0.15, 0.2) is 54.7 Å². The molecule has 4 nitrogen and oxygen atoms in total. The van der Waals surface area contributed by atoms with E-state index in [4.69, 9.17) is 4.74 Å². The maximum Gasteiger partial charge on any atom is 0.199 e. The average Bonchev–Trinajstić information content (AvgIpc) is 2.74. The van der Waals surface area contributed by atoms with Crippen LogP contribution in [0.4, 0.5) is 14.6 Å². The lowest BCUT2D eigenvalue weighted by Gasteiger charge is -2.13. The number of hydrogen-bond donors (Lipinski definition) is 1. The van der Waals surface area contributed by atoms with Crippen LogP contribution in [0.3, 0.4) is 0 Å². The van der Waals surface area contributed by atoms with Gasteiger partial charge in [-0.1, -0.05) is 19.1 Å². The van der Waals surface area contributed by atoms with Crippen molar-refractivity contribution >= 4 is 11.6 Å². The molecule has 1 heterocycles. The summed E-state index contributed by atoms with van der Waals surface area (Å²) in [5.74, 6) is -0.989. The molecule has 3 rings (SSSR count). The molecule has 0 amide bonds. The predicted octanol–water partition coefficient (Wildman–Crippen LogP) is 5.48. The molecular weight excluding hydrogens is 374 g/mol. The standard InChI is InChI=1S/C23H22F2N2O2/c1-3-11-26-23-20(22(28)19-13-17(24)7-10-21(19)25)12-16(14-27-23)15-5-8-18(9-6-15)29-4-2/h5-10,12-14H,3-4,11H2,1-2H3,(H,26,27). The van der Waals surface area contributed by atoms with Gasteiger partial charge in [0.25, 0.3) is 0 Å². The zero-order chi connectivity index (χ0) is 20.8. The highest BCUT2D eigenvalue weighted by atomic mass is 19.1. The number of pyridine rings is 1. The zero-order valence-corrected chi connectivity index (χ0v) is 16.3. The van der Waals surface area contributed by atoms with Crippen molar-refractivity contribution in [2.75, 3.05) is 18.5 Å². The largest absolute Gasteiger partial charge is 0.494 e. The average molecular weight is 396 g/mol. The highest BCUT2D eigenvalue weighted by Gasteiger charge is 2.20. The molecule has 1 aromatic heterocycles. The van der Waals surface area contributed by atoms with E-state index >= 15 is 0 Å². The first-order valence-electron chi connectivity index (χ1n) is 9.50. The summed E-state index contributed by atoms with van der Waals surface area (Å²) in [5.41, 5.74) is 1.39. The van der Waals surface area contributed by atoms with E-state index in [0.717, 1.165) is 35.9 Å². The van der Waals surface area contributed by atoms with Gasteiger partial charge >= 0.3 is 0 Å². The first-order chi connectivity index (χ1) is 14.0. The van der Waals surface area contributed by atoms with Crippen molar-refractivity contribution in [2.24, 2.45) is 0 Å². The summed E-state index contributed by atoms with van der Waals surface area (Å²) in [7, 11) is 0. The van der Waals surface area contributed by atoms with Crippen LogP contribution in [0.25, 0.3) is 11.1 Å². The minimum atomic E-state index is -0.774. The number of ketones is 1. The molecule has 0 saturated carbocycles. The number of benzene rings is 2. The molecule has 1 N–H and O–H groups in total. The van der Waals surface area contributed by atoms with Crippen LogP contribution < -0.4 is 10.1 Å². The molecule has 0 saturated heterocycles. The van der Waals surface area contributed by atoms with E-state index in [1.807, 2.05) is 38.1 Å². The molecular formula is C23H22F2N2O2.